The summed E-state index contributed by atoms with van der Waals surface area (Å²) in [6, 6.07) is 0. The van der Waals surface area contributed by atoms with E-state index < -0.39 is 11.4 Å². The molecule has 0 saturated heterocycles. The molecule has 0 spiro atoms. The highest BCUT2D eigenvalue weighted by molar-refractivity contribution is 6.08. The van der Waals surface area contributed by atoms with Gasteiger partial charge >= 0.3 is 5.97 Å². The van der Waals surface area contributed by atoms with E-state index in [9.17, 15) is 9.59 Å². The van der Waals surface area contributed by atoms with Gasteiger partial charge in [-0.2, -0.15) is 0 Å². The van der Waals surface area contributed by atoms with Gasteiger partial charge in [0.2, 0.25) is 0 Å². The van der Waals surface area contributed by atoms with Crippen molar-refractivity contribution in [2.75, 3.05) is 21.2 Å². The lowest BCUT2D eigenvalue weighted by atomic mass is 9.88. The Kier molecular flexibility index (Phi) is 4.34. The quantitative estimate of drug-likeness (QED) is 0.382. The Balaban J connectivity index is 4.59. The van der Waals surface area contributed by atoms with E-state index >= 15 is 0 Å². The van der Waals surface area contributed by atoms with Crippen LogP contribution in [0.15, 0.2) is 12.3 Å². The molecular weight excluding hydrogens is 182 g/mol. The van der Waals surface area contributed by atoms with E-state index in [1.54, 1.807) is 39.0 Å². The van der Waals surface area contributed by atoms with E-state index in [0.717, 1.165) is 0 Å². The molecule has 0 bridgehead atoms. The highest BCUT2D eigenvalue weighted by atomic mass is 16.5. The van der Waals surface area contributed by atoms with Crippen LogP contribution in [0.4, 0.5) is 0 Å². The average molecular weight is 199 g/mol. The number of nitrogens with zero attached hydrogens (tertiary/aromatic N) is 1. The van der Waals surface area contributed by atoms with Crippen molar-refractivity contribution in [1.82, 2.24) is 4.90 Å². The van der Waals surface area contributed by atoms with Crippen molar-refractivity contribution in [1.29, 1.82) is 0 Å². The molecule has 0 N–H and O–H groups in total. The van der Waals surface area contributed by atoms with Crippen molar-refractivity contribution in [2.24, 2.45) is 5.41 Å². The van der Waals surface area contributed by atoms with Crippen molar-refractivity contribution < 1.29 is 14.3 Å². The number of ketones is 1. The number of ether oxygens (including phenoxy) is 1. The van der Waals surface area contributed by atoms with Gasteiger partial charge in [-0.3, -0.25) is 9.59 Å². The molecule has 80 valence electrons. The zero-order chi connectivity index (χ0) is 11.4. The van der Waals surface area contributed by atoms with Crippen LogP contribution in [0.5, 0.6) is 0 Å². The molecule has 0 aliphatic heterocycles. The number of hydrogen-bond acceptors (Lipinski definition) is 4. The van der Waals surface area contributed by atoms with Crippen molar-refractivity contribution in [3.8, 4) is 0 Å². The Morgan fingerprint density at radius 1 is 1.29 bits per heavy atom. The Bertz CT molecular complexity index is 254. The van der Waals surface area contributed by atoms with Gasteiger partial charge < -0.3 is 9.64 Å². The lowest BCUT2D eigenvalue weighted by Gasteiger charge is -2.17. The zero-order valence-corrected chi connectivity index (χ0v) is 9.33. The summed E-state index contributed by atoms with van der Waals surface area (Å²) in [4.78, 5) is 24.5. The van der Waals surface area contributed by atoms with Crippen LogP contribution in [0.2, 0.25) is 0 Å². The average Bonchev–Trinajstić information content (AvgIpc) is 2.12. The predicted octanol–water partition coefficient (Wildman–Crippen LogP) is 0.830. The maximum Gasteiger partial charge on any atom is 0.319 e. The van der Waals surface area contributed by atoms with Crippen LogP contribution in [0.1, 0.15) is 13.8 Å². The minimum Gasteiger partial charge on any atom is -0.468 e. The maximum atomic E-state index is 11.6. The van der Waals surface area contributed by atoms with Crippen LogP contribution < -0.4 is 0 Å². The lowest BCUT2D eigenvalue weighted by Crippen LogP contribution is -2.33. The van der Waals surface area contributed by atoms with E-state index in [4.69, 9.17) is 0 Å². The van der Waals surface area contributed by atoms with E-state index in [1.807, 2.05) is 0 Å². The number of carbonyl (C=O) groups is 2. The van der Waals surface area contributed by atoms with Crippen LogP contribution in [-0.2, 0) is 14.3 Å². The minimum atomic E-state index is -1.11. The first-order chi connectivity index (χ1) is 6.32. The van der Waals surface area contributed by atoms with Gasteiger partial charge in [-0.15, -0.1) is 0 Å². The first-order valence-corrected chi connectivity index (χ1v) is 4.30. The van der Waals surface area contributed by atoms with Gasteiger partial charge in [-0.05, 0) is 19.9 Å². The van der Waals surface area contributed by atoms with E-state index in [-0.39, 0.29) is 5.78 Å². The number of hydrogen-bond donors (Lipinski definition) is 0. The molecule has 0 unspecified atom stereocenters. The monoisotopic (exact) mass is 199 g/mol. The van der Waals surface area contributed by atoms with Gasteiger partial charge in [0.05, 0.1) is 7.11 Å². The van der Waals surface area contributed by atoms with Crippen molar-refractivity contribution >= 4 is 11.8 Å². The summed E-state index contributed by atoms with van der Waals surface area (Å²) in [7, 11) is 4.87. The summed E-state index contributed by atoms with van der Waals surface area (Å²) < 4.78 is 4.54. The van der Waals surface area contributed by atoms with Gasteiger partial charge in [0.25, 0.3) is 0 Å². The molecule has 0 aromatic rings. The summed E-state index contributed by atoms with van der Waals surface area (Å²) in [5.74, 6) is -0.788. The Morgan fingerprint density at radius 3 is 2.14 bits per heavy atom. The molecule has 0 heterocycles. The van der Waals surface area contributed by atoms with Crippen molar-refractivity contribution in [3.05, 3.63) is 12.3 Å². The highest BCUT2D eigenvalue weighted by Crippen LogP contribution is 2.19. The summed E-state index contributed by atoms with van der Waals surface area (Å²) in [6.07, 6.45) is 2.98. The van der Waals surface area contributed by atoms with Gasteiger partial charge in [-0.1, -0.05) is 0 Å². The second-order valence-corrected chi connectivity index (χ2v) is 3.76. The largest absolute Gasteiger partial charge is 0.468 e. The normalized spacial score (nSPS) is 11.5. The molecule has 0 aromatic heterocycles. The van der Waals surface area contributed by atoms with Crippen LogP contribution in [-0.4, -0.2) is 37.9 Å². The fourth-order valence-electron chi connectivity index (χ4n) is 0.781. The van der Waals surface area contributed by atoms with Crippen LogP contribution in [0, 0.1) is 5.41 Å². The van der Waals surface area contributed by atoms with E-state index in [2.05, 4.69) is 4.74 Å². The third-order valence-electron chi connectivity index (χ3n) is 1.84. The summed E-state index contributed by atoms with van der Waals surface area (Å²) >= 11 is 0. The van der Waals surface area contributed by atoms with Gasteiger partial charge in [0.15, 0.2) is 5.78 Å². The molecule has 0 fully saturated rings. The predicted molar refractivity (Wildman–Crippen MR) is 53.6 cm³/mol. The smallest absolute Gasteiger partial charge is 0.319 e. The molecule has 0 atom stereocenters. The Hall–Kier alpha value is -1.32. The van der Waals surface area contributed by atoms with Gasteiger partial charge in [0, 0.05) is 20.3 Å². The zero-order valence-electron chi connectivity index (χ0n) is 9.33. The van der Waals surface area contributed by atoms with Crippen LogP contribution in [0.3, 0.4) is 0 Å². The summed E-state index contributed by atoms with van der Waals surface area (Å²) in [5, 5.41) is 0. The van der Waals surface area contributed by atoms with Gasteiger partial charge in [-0.25, -0.2) is 0 Å². The second kappa shape index (κ2) is 4.79. The molecule has 0 aliphatic rings. The molecule has 0 amide bonds. The van der Waals surface area contributed by atoms with E-state index in [0.29, 0.717) is 0 Å². The third-order valence-corrected chi connectivity index (χ3v) is 1.84. The molecule has 0 aliphatic carbocycles. The van der Waals surface area contributed by atoms with E-state index in [1.165, 1.54) is 13.2 Å². The fraction of sp³-hybridized carbons (Fsp3) is 0.600. The molecular formula is C10H17NO3. The van der Waals surface area contributed by atoms with Crippen molar-refractivity contribution in [3.63, 3.8) is 0 Å². The molecule has 0 radical (unpaired) electrons. The molecule has 4 nitrogen and oxygen atoms in total. The highest BCUT2D eigenvalue weighted by Gasteiger charge is 2.35. The molecule has 0 saturated carbocycles. The first kappa shape index (κ1) is 12.7. The summed E-state index contributed by atoms with van der Waals surface area (Å²) in [6.45, 7) is 3.09. The Morgan fingerprint density at radius 2 is 1.79 bits per heavy atom. The number of carbonyl (C=O) groups excluding carboxylic acids is 2. The number of esters is 1. The summed E-state index contributed by atoms with van der Waals surface area (Å²) in [5.41, 5.74) is -1.11. The van der Waals surface area contributed by atoms with Gasteiger partial charge in [0.1, 0.15) is 5.41 Å². The molecule has 4 heteroatoms. The first-order valence-electron chi connectivity index (χ1n) is 4.30. The maximum absolute atomic E-state index is 11.6. The van der Waals surface area contributed by atoms with Crippen molar-refractivity contribution in [2.45, 2.75) is 13.8 Å². The standard InChI is InChI=1S/C10H17NO3/c1-10(2,9(13)14-5)8(12)6-7-11(3)4/h6-7H,1-5H3. The van der Waals surface area contributed by atoms with Crippen LogP contribution >= 0.6 is 0 Å². The Labute approximate surface area is 84.5 Å². The number of allylic oxidation sites excluding steroid dienone is 1. The number of rotatable bonds is 4. The molecule has 14 heavy (non-hydrogen) atoms. The topological polar surface area (TPSA) is 46.6 Å². The second-order valence-electron chi connectivity index (χ2n) is 3.76. The molecule has 0 aromatic carbocycles. The molecule has 0 rings (SSSR count). The SMILES string of the molecule is COC(=O)C(C)(C)C(=O)C=CN(C)C. The lowest BCUT2D eigenvalue weighted by molar-refractivity contribution is -0.154. The van der Waals surface area contributed by atoms with Crippen LogP contribution in [0.25, 0.3) is 0 Å². The fourth-order valence-corrected chi connectivity index (χ4v) is 0.781. The number of methoxy groups -OCH3 is 1. The third kappa shape index (κ3) is 3.20. The minimum absolute atomic E-state index is 0.266.